The number of imide groups is 1. The number of amides is 3. The molecule has 0 radical (unpaired) electrons. The van der Waals surface area contributed by atoms with Crippen LogP contribution in [-0.4, -0.2) is 54.7 Å². The van der Waals surface area contributed by atoms with E-state index < -0.39 is 0 Å². The van der Waals surface area contributed by atoms with Crippen LogP contribution in [0.25, 0.3) is 0 Å². The van der Waals surface area contributed by atoms with Gasteiger partial charge in [-0.05, 0) is 61.1 Å². The zero-order valence-electron chi connectivity index (χ0n) is 15.8. The Morgan fingerprint density at radius 2 is 1.96 bits per heavy atom. The molecule has 1 aromatic carbocycles. The molecule has 1 atom stereocenters. The summed E-state index contributed by atoms with van der Waals surface area (Å²) in [4.78, 5) is 40.3. The van der Waals surface area contributed by atoms with E-state index in [4.69, 9.17) is 0 Å². The van der Waals surface area contributed by atoms with Crippen molar-refractivity contribution < 1.29 is 14.4 Å². The van der Waals surface area contributed by atoms with Gasteiger partial charge in [0.15, 0.2) is 0 Å². The monoisotopic (exact) mass is 463 g/mol. The van der Waals surface area contributed by atoms with Crippen LogP contribution in [0.4, 0.5) is 0 Å². The third kappa shape index (κ3) is 4.51. The van der Waals surface area contributed by atoms with Crippen LogP contribution in [0.2, 0.25) is 0 Å². The highest BCUT2D eigenvalue weighted by atomic mass is 79.9. The molecule has 2 heterocycles. The van der Waals surface area contributed by atoms with Crippen LogP contribution >= 0.6 is 27.3 Å². The number of benzene rings is 1. The first-order valence-electron chi connectivity index (χ1n) is 8.99. The third-order valence-corrected chi connectivity index (χ3v) is 5.96. The van der Waals surface area contributed by atoms with Crippen LogP contribution in [0, 0.1) is 0 Å². The molecule has 1 unspecified atom stereocenters. The molecule has 0 spiro atoms. The smallest absolute Gasteiger partial charge is 0.261 e. The van der Waals surface area contributed by atoms with Crippen LogP contribution < -0.4 is 5.32 Å². The number of halogens is 1. The highest BCUT2D eigenvalue weighted by molar-refractivity contribution is 9.10. The molecule has 2 aromatic rings. The standard InChI is InChI=1S/C20H22BrN3O3S/c1-23(2)17(13-7-9-28-12-13)11-22-18(25)4-3-8-24-19(26)15-6-5-14(21)10-16(15)20(24)27/h5-7,9-10,12,17H,3-4,8,11H2,1-2H3,(H,22,25). The maximum Gasteiger partial charge on any atom is 0.261 e. The molecule has 1 N–H and O–H groups in total. The molecule has 1 aliphatic heterocycles. The lowest BCUT2D eigenvalue weighted by molar-refractivity contribution is -0.121. The van der Waals surface area contributed by atoms with Gasteiger partial charge in [0, 0.05) is 24.0 Å². The Bertz CT molecular complexity index is 883. The molecule has 0 bridgehead atoms. The fourth-order valence-corrected chi connectivity index (χ4v) is 4.29. The van der Waals surface area contributed by atoms with Crippen molar-refractivity contribution in [1.82, 2.24) is 15.1 Å². The van der Waals surface area contributed by atoms with Crippen LogP contribution in [-0.2, 0) is 4.79 Å². The van der Waals surface area contributed by atoms with E-state index in [1.165, 1.54) is 10.5 Å². The quantitative estimate of drug-likeness (QED) is 0.609. The van der Waals surface area contributed by atoms with Gasteiger partial charge in [-0.25, -0.2) is 0 Å². The predicted molar refractivity (Wildman–Crippen MR) is 112 cm³/mol. The third-order valence-electron chi connectivity index (χ3n) is 4.76. The van der Waals surface area contributed by atoms with Gasteiger partial charge in [-0.15, -0.1) is 0 Å². The van der Waals surface area contributed by atoms with Crippen LogP contribution in [0.5, 0.6) is 0 Å². The van der Waals surface area contributed by atoms with E-state index in [0.29, 0.717) is 24.1 Å². The zero-order valence-corrected chi connectivity index (χ0v) is 18.2. The number of likely N-dealkylation sites (N-methyl/N-ethyl adjacent to an activating group) is 1. The van der Waals surface area contributed by atoms with E-state index in [9.17, 15) is 14.4 Å². The number of thiophene rings is 1. The number of carbonyl (C=O) groups is 3. The van der Waals surface area contributed by atoms with E-state index in [1.54, 1.807) is 29.5 Å². The minimum atomic E-state index is -0.299. The topological polar surface area (TPSA) is 69.7 Å². The first kappa shape index (κ1) is 20.7. The summed E-state index contributed by atoms with van der Waals surface area (Å²) in [6.07, 6.45) is 0.699. The van der Waals surface area contributed by atoms with Gasteiger partial charge in [0.1, 0.15) is 0 Å². The Morgan fingerprint density at radius 3 is 2.64 bits per heavy atom. The Balaban J connectivity index is 1.48. The van der Waals surface area contributed by atoms with Gasteiger partial charge >= 0.3 is 0 Å². The van der Waals surface area contributed by atoms with E-state index in [1.807, 2.05) is 19.5 Å². The van der Waals surface area contributed by atoms with Gasteiger partial charge in [-0.3, -0.25) is 19.3 Å². The summed E-state index contributed by atoms with van der Waals surface area (Å²) < 4.78 is 0.759. The lowest BCUT2D eigenvalue weighted by atomic mass is 10.1. The lowest BCUT2D eigenvalue weighted by Gasteiger charge is -2.24. The van der Waals surface area contributed by atoms with Gasteiger partial charge in [0.05, 0.1) is 17.2 Å². The Kier molecular flexibility index (Phi) is 6.64. The summed E-state index contributed by atoms with van der Waals surface area (Å²) in [5.74, 6) is -0.675. The number of hydrogen-bond donors (Lipinski definition) is 1. The van der Waals surface area contributed by atoms with Crippen molar-refractivity contribution in [2.75, 3.05) is 27.2 Å². The second-order valence-corrected chi connectivity index (χ2v) is 8.59. The summed E-state index contributed by atoms with van der Waals surface area (Å²) in [7, 11) is 3.96. The Labute approximate surface area is 176 Å². The van der Waals surface area contributed by atoms with Crippen molar-refractivity contribution in [3.8, 4) is 0 Å². The van der Waals surface area contributed by atoms with E-state index in [0.717, 1.165) is 4.47 Å². The molecular weight excluding hydrogens is 442 g/mol. The molecule has 0 saturated heterocycles. The molecule has 0 saturated carbocycles. The van der Waals surface area contributed by atoms with Gasteiger partial charge < -0.3 is 10.2 Å². The molecule has 3 rings (SSSR count). The first-order valence-corrected chi connectivity index (χ1v) is 10.7. The molecule has 3 amide bonds. The minimum Gasteiger partial charge on any atom is -0.354 e. The average Bonchev–Trinajstić information content (AvgIpc) is 3.25. The van der Waals surface area contributed by atoms with Crippen molar-refractivity contribution in [2.45, 2.75) is 18.9 Å². The number of rotatable bonds is 8. The molecule has 6 nitrogen and oxygen atoms in total. The molecule has 8 heteroatoms. The van der Waals surface area contributed by atoms with Crippen molar-refractivity contribution >= 4 is 45.0 Å². The van der Waals surface area contributed by atoms with Crippen LogP contribution in [0.15, 0.2) is 39.5 Å². The normalized spacial score (nSPS) is 14.5. The van der Waals surface area contributed by atoms with Crippen LogP contribution in [0.1, 0.15) is 45.2 Å². The average molecular weight is 464 g/mol. The Hall–Kier alpha value is -2.03. The molecule has 28 heavy (non-hydrogen) atoms. The molecule has 148 valence electrons. The number of carbonyl (C=O) groups excluding carboxylic acids is 3. The highest BCUT2D eigenvalue weighted by Crippen LogP contribution is 2.26. The van der Waals surface area contributed by atoms with E-state index in [2.05, 4.69) is 37.6 Å². The highest BCUT2D eigenvalue weighted by Gasteiger charge is 2.35. The number of nitrogens with one attached hydrogen (secondary N) is 1. The zero-order chi connectivity index (χ0) is 20.3. The summed E-state index contributed by atoms with van der Waals surface area (Å²) in [5, 5.41) is 7.06. The molecule has 0 fully saturated rings. The van der Waals surface area contributed by atoms with Gasteiger partial charge in [-0.2, -0.15) is 11.3 Å². The summed E-state index contributed by atoms with van der Waals surface area (Å²) in [6.45, 7) is 0.753. The minimum absolute atomic E-state index is 0.0820. The van der Waals surface area contributed by atoms with Crippen LogP contribution in [0.3, 0.4) is 0 Å². The number of hydrogen-bond acceptors (Lipinski definition) is 5. The molecule has 1 aromatic heterocycles. The predicted octanol–water partition coefficient (Wildman–Crippen LogP) is 3.31. The summed E-state index contributed by atoms with van der Waals surface area (Å²) in [6, 6.07) is 7.23. The van der Waals surface area contributed by atoms with Crippen molar-refractivity contribution in [3.63, 3.8) is 0 Å². The Morgan fingerprint density at radius 1 is 1.21 bits per heavy atom. The summed E-state index contributed by atoms with van der Waals surface area (Å²) in [5.41, 5.74) is 2.00. The lowest BCUT2D eigenvalue weighted by Crippen LogP contribution is -2.35. The largest absolute Gasteiger partial charge is 0.354 e. The van der Waals surface area contributed by atoms with E-state index >= 15 is 0 Å². The molecule has 0 aliphatic carbocycles. The maximum atomic E-state index is 12.4. The second kappa shape index (κ2) is 8.98. The second-order valence-electron chi connectivity index (χ2n) is 6.90. The fourth-order valence-electron chi connectivity index (χ4n) is 3.23. The number of nitrogens with zero attached hydrogens (tertiary/aromatic N) is 2. The molecular formula is C20H22BrN3O3S. The van der Waals surface area contributed by atoms with Crippen molar-refractivity contribution in [2.24, 2.45) is 0 Å². The maximum absolute atomic E-state index is 12.4. The molecule has 1 aliphatic rings. The first-order chi connectivity index (χ1) is 13.4. The van der Waals surface area contributed by atoms with E-state index in [-0.39, 0.29) is 36.7 Å². The van der Waals surface area contributed by atoms with Crippen molar-refractivity contribution in [3.05, 3.63) is 56.2 Å². The summed E-state index contributed by atoms with van der Waals surface area (Å²) >= 11 is 4.95. The van der Waals surface area contributed by atoms with Gasteiger partial charge in [0.2, 0.25) is 5.91 Å². The SMILES string of the molecule is CN(C)C(CNC(=O)CCCN1C(=O)c2ccc(Br)cc2C1=O)c1ccsc1. The van der Waals surface area contributed by atoms with Gasteiger partial charge in [-0.1, -0.05) is 15.9 Å². The van der Waals surface area contributed by atoms with Gasteiger partial charge in [0.25, 0.3) is 11.8 Å². The van der Waals surface area contributed by atoms with Crippen molar-refractivity contribution in [1.29, 1.82) is 0 Å². The fraction of sp³-hybridized carbons (Fsp3) is 0.350. The number of fused-ring (bicyclic) bond motifs is 1.